The van der Waals surface area contributed by atoms with E-state index in [0.717, 1.165) is 41.0 Å². The molecule has 2 aromatic heterocycles. The van der Waals surface area contributed by atoms with Crippen LogP contribution < -0.4 is 15.4 Å². The Labute approximate surface area is 185 Å². The zero-order valence-electron chi connectivity index (χ0n) is 17.0. The summed E-state index contributed by atoms with van der Waals surface area (Å²) in [5.74, 6) is 1.07. The Morgan fingerprint density at radius 3 is 3.00 bits per heavy atom. The maximum absolute atomic E-state index is 13.4. The number of ether oxygens (including phenoxy) is 1. The molecule has 156 valence electrons. The molecular weight excluding hydrogens is 418 g/mol. The second kappa shape index (κ2) is 9.06. The van der Waals surface area contributed by atoms with Crippen molar-refractivity contribution in [1.82, 2.24) is 4.98 Å². The van der Waals surface area contributed by atoms with Gasteiger partial charge < -0.3 is 15.4 Å². The van der Waals surface area contributed by atoms with Crippen LogP contribution in [0, 0.1) is 5.92 Å². The van der Waals surface area contributed by atoms with Crippen molar-refractivity contribution < 1.29 is 9.53 Å². The number of anilines is 2. The highest BCUT2D eigenvalue weighted by Crippen LogP contribution is 2.40. The molecule has 1 aromatic carbocycles. The van der Waals surface area contributed by atoms with Crippen LogP contribution in [0.1, 0.15) is 39.7 Å². The molecule has 0 radical (unpaired) electrons. The molecule has 5 nitrogen and oxygen atoms in total. The van der Waals surface area contributed by atoms with E-state index in [1.54, 1.807) is 42.8 Å². The number of rotatable bonds is 6. The molecule has 1 atom stereocenters. The van der Waals surface area contributed by atoms with E-state index >= 15 is 0 Å². The maximum Gasteiger partial charge on any atom is 0.259 e. The first-order valence-electron chi connectivity index (χ1n) is 9.97. The number of pyridine rings is 1. The number of fused-ring (bicyclic) bond motifs is 1. The molecular formula is C23H24ClN3O2S. The SMILES string of the molecule is COc1ccc(Cl)cc1NC(=O)c1c(NCc2cccnc2)sc2c1CC[C@H](C)C2. The van der Waals surface area contributed by atoms with Gasteiger partial charge in [-0.3, -0.25) is 9.78 Å². The molecule has 0 unspecified atom stereocenters. The van der Waals surface area contributed by atoms with Gasteiger partial charge in [-0.25, -0.2) is 0 Å². The van der Waals surface area contributed by atoms with Crippen molar-refractivity contribution in [3.63, 3.8) is 0 Å². The van der Waals surface area contributed by atoms with E-state index in [0.29, 0.717) is 28.9 Å². The number of hydrogen-bond donors (Lipinski definition) is 2. The summed E-state index contributed by atoms with van der Waals surface area (Å²) in [4.78, 5) is 18.9. The fourth-order valence-corrected chi connectivity index (χ4v) is 5.34. The molecule has 1 aliphatic carbocycles. The topological polar surface area (TPSA) is 63.2 Å². The van der Waals surface area contributed by atoms with Gasteiger partial charge in [-0.05, 0) is 60.6 Å². The van der Waals surface area contributed by atoms with Crippen LogP contribution in [0.4, 0.5) is 10.7 Å². The number of nitrogens with one attached hydrogen (secondary N) is 2. The van der Waals surface area contributed by atoms with Gasteiger partial charge in [-0.15, -0.1) is 11.3 Å². The first kappa shape index (κ1) is 20.7. The molecule has 1 aliphatic rings. The van der Waals surface area contributed by atoms with Crippen LogP contribution in [-0.4, -0.2) is 18.0 Å². The Hall–Kier alpha value is -2.57. The third kappa shape index (κ3) is 4.45. The van der Waals surface area contributed by atoms with Crippen LogP contribution in [0.25, 0.3) is 0 Å². The summed E-state index contributed by atoms with van der Waals surface area (Å²) in [6.07, 6.45) is 6.60. The van der Waals surface area contributed by atoms with Gasteiger partial charge >= 0.3 is 0 Å². The zero-order chi connectivity index (χ0) is 21.1. The number of carbonyl (C=O) groups excluding carboxylic acids is 1. The molecule has 0 fully saturated rings. The summed E-state index contributed by atoms with van der Waals surface area (Å²) >= 11 is 7.83. The molecule has 4 rings (SSSR count). The molecule has 1 amide bonds. The van der Waals surface area contributed by atoms with E-state index < -0.39 is 0 Å². The van der Waals surface area contributed by atoms with Crippen molar-refractivity contribution in [3.05, 3.63) is 69.3 Å². The van der Waals surface area contributed by atoms with Crippen LogP contribution >= 0.6 is 22.9 Å². The maximum atomic E-state index is 13.4. The smallest absolute Gasteiger partial charge is 0.259 e. The lowest BCUT2D eigenvalue weighted by Crippen LogP contribution is -2.18. The zero-order valence-corrected chi connectivity index (χ0v) is 18.6. The minimum Gasteiger partial charge on any atom is -0.495 e. The third-order valence-electron chi connectivity index (χ3n) is 5.32. The first-order chi connectivity index (χ1) is 14.5. The van der Waals surface area contributed by atoms with Gasteiger partial charge in [-0.1, -0.05) is 24.6 Å². The van der Waals surface area contributed by atoms with Gasteiger partial charge in [0.05, 0.1) is 18.4 Å². The summed E-state index contributed by atoms with van der Waals surface area (Å²) in [5.41, 5.74) is 3.52. The van der Waals surface area contributed by atoms with E-state index in [1.807, 2.05) is 18.3 Å². The fourth-order valence-electron chi connectivity index (χ4n) is 3.76. The number of amides is 1. The van der Waals surface area contributed by atoms with E-state index in [2.05, 4.69) is 22.5 Å². The van der Waals surface area contributed by atoms with Crippen LogP contribution in [0.15, 0.2) is 42.7 Å². The number of benzene rings is 1. The number of halogens is 1. The van der Waals surface area contributed by atoms with Crippen molar-refractivity contribution in [2.75, 3.05) is 17.7 Å². The lowest BCUT2D eigenvalue weighted by molar-refractivity contribution is 0.102. The molecule has 2 heterocycles. The van der Waals surface area contributed by atoms with Crippen molar-refractivity contribution in [3.8, 4) is 5.75 Å². The number of thiophene rings is 1. The molecule has 0 bridgehead atoms. The van der Waals surface area contributed by atoms with Gasteiger partial charge in [-0.2, -0.15) is 0 Å². The highest BCUT2D eigenvalue weighted by Gasteiger charge is 2.28. The van der Waals surface area contributed by atoms with Crippen LogP contribution in [0.2, 0.25) is 5.02 Å². The Balaban J connectivity index is 1.65. The highest BCUT2D eigenvalue weighted by molar-refractivity contribution is 7.16. The molecule has 3 aromatic rings. The lowest BCUT2D eigenvalue weighted by atomic mass is 9.88. The summed E-state index contributed by atoms with van der Waals surface area (Å²) in [6, 6.07) is 9.14. The van der Waals surface area contributed by atoms with E-state index in [-0.39, 0.29) is 5.91 Å². The van der Waals surface area contributed by atoms with E-state index in [9.17, 15) is 4.79 Å². The van der Waals surface area contributed by atoms with Gasteiger partial charge in [0.1, 0.15) is 10.8 Å². The Morgan fingerprint density at radius 1 is 1.37 bits per heavy atom. The van der Waals surface area contributed by atoms with Gasteiger partial charge in [0.15, 0.2) is 0 Å². The minimum atomic E-state index is -0.142. The predicted molar refractivity (Wildman–Crippen MR) is 123 cm³/mol. The Kier molecular flexibility index (Phi) is 6.25. The predicted octanol–water partition coefficient (Wildman–Crippen LogP) is 5.79. The number of nitrogens with zero attached hydrogens (tertiary/aromatic N) is 1. The van der Waals surface area contributed by atoms with E-state index in [4.69, 9.17) is 16.3 Å². The third-order valence-corrected chi connectivity index (χ3v) is 6.77. The summed E-state index contributed by atoms with van der Waals surface area (Å²) in [6.45, 7) is 2.88. The van der Waals surface area contributed by atoms with Crippen molar-refractivity contribution in [2.24, 2.45) is 5.92 Å². The Bertz CT molecular complexity index is 1050. The second-order valence-electron chi connectivity index (χ2n) is 7.57. The summed E-state index contributed by atoms with van der Waals surface area (Å²) in [7, 11) is 1.58. The molecule has 0 saturated carbocycles. The Morgan fingerprint density at radius 2 is 2.23 bits per heavy atom. The average molecular weight is 442 g/mol. The van der Waals surface area contributed by atoms with E-state index in [1.165, 1.54) is 4.88 Å². The second-order valence-corrected chi connectivity index (χ2v) is 9.11. The number of methoxy groups -OCH3 is 1. The largest absolute Gasteiger partial charge is 0.495 e. The molecule has 2 N–H and O–H groups in total. The number of carbonyl (C=O) groups is 1. The molecule has 0 spiro atoms. The van der Waals surface area contributed by atoms with Gasteiger partial charge in [0.25, 0.3) is 5.91 Å². The standard InChI is InChI=1S/C23H24ClN3O2S/c1-14-5-7-17-20(10-14)30-23(26-13-15-4-3-9-25-12-15)21(17)22(28)27-18-11-16(24)6-8-19(18)29-2/h3-4,6,8-9,11-12,14,26H,5,7,10,13H2,1-2H3,(H,27,28)/t14-/m0/s1. The van der Waals surface area contributed by atoms with Crippen LogP contribution in [0.5, 0.6) is 5.75 Å². The fraction of sp³-hybridized carbons (Fsp3) is 0.304. The monoisotopic (exact) mass is 441 g/mol. The number of hydrogen-bond acceptors (Lipinski definition) is 5. The summed E-state index contributed by atoms with van der Waals surface area (Å²) in [5, 5.41) is 7.92. The molecule has 30 heavy (non-hydrogen) atoms. The van der Waals surface area contributed by atoms with Crippen molar-refractivity contribution >= 4 is 39.5 Å². The van der Waals surface area contributed by atoms with Gasteiger partial charge in [0, 0.05) is 28.8 Å². The van der Waals surface area contributed by atoms with Crippen molar-refractivity contribution in [2.45, 2.75) is 32.7 Å². The quantitative estimate of drug-likeness (QED) is 0.507. The molecule has 7 heteroatoms. The summed E-state index contributed by atoms with van der Waals surface area (Å²) < 4.78 is 5.39. The van der Waals surface area contributed by atoms with Gasteiger partial charge in [0.2, 0.25) is 0 Å². The average Bonchev–Trinajstić information content (AvgIpc) is 3.10. The molecule has 0 saturated heterocycles. The van der Waals surface area contributed by atoms with Crippen LogP contribution in [-0.2, 0) is 19.4 Å². The minimum absolute atomic E-state index is 0.142. The van der Waals surface area contributed by atoms with Crippen LogP contribution in [0.3, 0.4) is 0 Å². The van der Waals surface area contributed by atoms with Crippen molar-refractivity contribution in [1.29, 1.82) is 0 Å². The first-order valence-corrected chi connectivity index (χ1v) is 11.2. The normalized spacial score (nSPS) is 15.4. The molecule has 0 aliphatic heterocycles. The lowest BCUT2D eigenvalue weighted by Gasteiger charge is -2.19. The number of aromatic nitrogens is 1. The highest BCUT2D eigenvalue weighted by atomic mass is 35.5.